The zero-order valence-electron chi connectivity index (χ0n) is 8.84. The molecule has 0 atom stereocenters. The van der Waals surface area contributed by atoms with Crippen molar-refractivity contribution in [2.24, 2.45) is 0 Å². The van der Waals surface area contributed by atoms with E-state index in [-0.39, 0.29) is 5.41 Å². The lowest BCUT2D eigenvalue weighted by molar-refractivity contribution is -0.111. The van der Waals surface area contributed by atoms with Gasteiger partial charge in [-0.25, -0.2) is 0 Å². The molecule has 0 bridgehead atoms. The Hall–Kier alpha value is -1.11. The largest absolute Gasteiger partial charge is 0.302 e. The van der Waals surface area contributed by atoms with Crippen molar-refractivity contribution in [3.05, 3.63) is 34.9 Å². The Balaban J connectivity index is 2.54. The summed E-state index contributed by atoms with van der Waals surface area (Å²) in [6.07, 6.45) is 4.61. The first kappa shape index (κ1) is 9.45. The lowest BCUT2D eigenvalue weighted by atomic mass is 9.82. The van der Waals surface area contributed by atoms with Crippen LogP contribution in [-0.4, -0.2) is 6.29 Å². The molecule has 2 rings (SSSR count). The van der Waals surface area contributed by atoms with Gasteiger partial charge >= 0.3 is 0 Å². The van der Waals surface area contributed by atoms with Gasteiger partial charge in [-0.2, -0.15) is 0 Å². The third kappa shape index (κ3) is 1.37. The van der Waals surface area contributed by atoms with Crippen LogP contribution in [0, 0.1) is 0 Å². The molecule has 1 aromatic carbocycles. The first-order valence-corrected chi connectivity index (χ1v) is 5.23. The van der Waals surface area contributed by atoms with Crippen molar-refractivity contribution < 1.29 is 4.79 Å². The molecular formula is C13H16O. The molecule has 14 heavy (non-hydrogen) atoms. The number of aryl methyl sites for hydroxylation is 1. The van der Waals surface area contributed by atoms with E-state index in [1.807, 2.05) is 13.8 Å². The first-order valence-electron chi connectivity index (χ1n) is 5.23. The van der Waals surface area contributed by atoms with Gasteiger partial charge in [-0.05, 0) is 49.8 Å². The highest BCUT2D eigenvalue weighted by atomic mass is 16.1. The number of fused-ring (bicyclic) bond motifs is 1. The minimum atomic E-state index is -0.324. The Morgan fingerprint density at radius 3 is 2.79 bits per heavy atom. The van der Waals surface area contributed by atoms with Crippen molar-refractivity contribution in [3.8, 4) is 0 Å². The number of hydrogen-bond donors (Lipinski definition) is 0. The van der Waals surface area contributed by atoms with Gasteiger partial charge in [0.15, 0.2) is 0 Å². The first-order chi connectivity index (χ1) is 6.65. The van der Waals surface area contributed by atoms with Gasteiger partial charge in [0.1, 0.15) is 6.29 Å². The fraction of sp³-hybridized carbons (Fsp3) is 0.462. The molecule has 1 heteroatoms. The summed E-state index contributed by atoms with van der Waals surface area (Å²) < 4.78 is 0. The van der Waals surface area contributed by atoms with Crippen LogP contribution < -0.4 is 0 Å². The van der Waals surface area contributed by atoms with Crippen molar-refractivity contribution >= 4 is 6.29 Å². The third-order valence-corrected chi connectivity index (χ3v) is 3.13. The quantitative estimate of drug-likeness (QED) is 0.652. The lowest BCUT2D eigenvalue weighted by Gasteiger charge is -2.21. The minimum Gasteiger partial charge on any atom is -0.302 e. The smallest absolute Gasteiger partial charge is 0.129 e. The van der Waals surface area contributed by atoms with Crippen LogP contribution in [0.1, 0.15) is 37.0 Å². The van der Waals surface area contributed by atoms with Gasteiger partial charge in [-0.1, -0.05) is 18.2 Å². The Labute approximate surface area is 85.1 Å². The summed E-state index contributed by atoms with van der Waals surface area (Å²) >= 11 is 0. The van der Waals surface area contributed by atoms with Crippen LogP contribution in [0.4, 0.5) is 0 Å². The third-order valence-electron chi connectivity index (χ3n) is 3.13. The summed E-state index contributed by atoms with van der Waals surface area (Å²) in [4.78, 5) is 11.0. The molecule has 0 heterocycles. The summed E-state index contributed by atoms with van der Waals surface area (Å²) in [6.45, 7) is 3.99. The molecule has 0 fully saturated rings. The van der Waals surface area contributed by atoms with E-state index < -0.39 is 0 Å². The summed E-state index contributed by atoms with van der Waals surface area (Å²) in [7, 11) is 0. The van der Waals surface area contributed by atoms with E-state index in [4.69, 9.17) is 0 Å². The van der Waals surface area contributed by atoms with Crippen LogP contribution in [0.3, 0.4) is 0 Å². The molecule has 74 valence electrons. The topological polar surface area (TPSA) is 17.1 Å². The van der Waals surface area contributed by atoms with Crippen molar-refractivity contribution in [1.29, 1.82) is 0 Å². The Morgan fingerprint density at radius 2 is 2.07 bits per heavy atom. The predicted molar refractivity (Wildman–Crippen MR) is 57.6 cm³/mol. The fourth-order valence-electron chi connectivity index (χ4n) is 2.29. The zero-order chi connectivity index (χ0) is 10.2. The van der Waals surface area contributed by atoms with Crippen molar-refractivity contribution in [2.75, 3.05) is 0 Å². The minimum absolute atomic E-state index is 0.324. The summed E-state index contributed by atoms with van der Waals surface area (Å²) in [5.74, 6) is 0. The van der Waals surface area contributed by atoms with Gasteiger partial charge in [-0.3, -0.25) is 0 Å². The summed E-state index contributed by atoms with van der Waals surface area (Å²) in [5.41, 5.74) is 3.76. The Bertz CT molecular complexity index is 363. The van der Waals surface area contributed by atoms with Crippen LogP contribution in [0.2, 0.25) is 0 Å². The maximum Gasteiger partial charge on any atom is 0.129 e. The molecule has 0 aliphatic heterocycles. The second-order valence-electron chi connectivity index (χ2n) is 4.64. The summed E-state index contributed by atoms with van der Waals surface area (Å²) in [5, 5.41) is 0. The lowest BCUT2D eigenvalue weighted by Crippen LogP contribution is -2.20. The molecule has 0 aromatic heterocycles. The molecule has 0 saturated carbocycles. The van der Waals surface area contributed by atoms with Gasteiger partial charge in [-0.15, -0.1) is 0 Å². The molecular weight excluding hydrogens is 172 g/mol. The van der Waals surface area contributed by atoms with Crippen molar-refractivity contribution in [2.45, 2.75) is 38.5 Å². The number of benzene rings is 1. The molecule has 0 N–H and O–H groups in total. The number of aldehydes is 1. The van der Waals surface area contributed by atoms with Crippen molar-refractivity contribution in [1.82, 2.24) is 0 Å². The highest BCUT2D eigenvalue weighted by Crippen LogP contribution is 2.32. The molecule has 0 amide bonds. The maximum absolute atomic E-state index is 11.0. The number of carbonyl (C=O) groups is 1. The van der Waals surface area contributed by atoms with E-state index in [0.717, 1.165) is 12.7 Å². The fourth-order valence-corrected chi connectivity index (χ4v) is 2.29. The Morgan fingerprint density at radius 1 is 1.29 bits per heavy atom. The van der Waals surface area contributed by atoms with Crippen molar-refractivity contribution in [3.63, 3.8) is 0 Å². The van der Waals surface area contributed by atoms with E-state index in [1.165, 1.54) is 29.5 Å². The molecule has 0 spiro atoms. The second-order valence-corrected chi connectivity index (χ2v) is 4.64. The van der Waals surface area contributed by atoms with Gasteiger partial charge in [0.2, 0.25) is 0 Å². The zero-order valence-corrected chi connectivity index (χ0v) is 8.84. The molecule has 1 aliphatic rings. The average Bonchev–Trinajstić information content (AvgIpc) is 2.64. The van der Waals surface area contributed by atoms with E-state index in [9.17, 15) is 4.79 Å². The van der Waals surface area contributed by atoms with Crippen LogP contribution in [0.5, 0.6) is 0 Å². The monoisotopic (exact) mass is 188 g/mol. The van der Waals surface area contributed by atoms with Crippen LogP contribution in [-0.2, 0) is 23.1 Å². The highest BCUT2D eigenvalue weighted by Gasteiger charge is 2.25. The maximum atomic E-state index is 11.0. The SMILES string of the molecule is CC(C)(C=O)c1cccc2c1CCC2. The number of rotatable bonds is 2. The summed E-state index contributed by atoms with van der Waals surface area (Å²) in [6, 6.07) is 6.36. The number of carbonyl (C=O) groups excluding carboxylic acids is 1. The van der Waals surface area contributed by atoms with Crippen LogP contribution in [0.25, 0.3) is 0 Å². The van der Waals surface area contributed by atoms with Gasteiger partial charge in [0, 0.05) is 5.41 Å². The second kappa shape index (κ2) is 3.23. The Kier molecular flexibility index (Phi) is 2.18. The predicted octanol–water partition coefficient (Wildman–Crippen LogP) is 2.65. The van der Waals surface area contributed by atoms with Gasteiger partial charge in [0.25, 0.3) is 0 Å². The van der Waals surface area contributed by atoms with E-state index in [0.29, 0.717) is 0 Å². The van der Waals surface area contributed by atoms with E-state index in [1.54, 1.807) is 0 Å². The molecule has 1 aliphatic carbocycles. The standard InChI is InChI=1S/C13H16O/c1-13(2,9-14)12-8-4-6-10-5-3-7-11(10)12/h4,6,8-9H,3,5,7H2,1-2H3. The number of hydrogen-bond acceptors (Lipinski definition) is 1. The van der Waals surface area contributed by atoms with Gasteiger partial charge in [0.05, 0.1) is 0 Å². The average molecular weight is 188 g/mol. The van der Waals surface area contributed by atoms with Crippen LogP contribution in [0.15, 0.2) is 18.2 Å². The molecule has 0 radical (unpaired) electrons. The highest BCUT2D eigenvalue weighted by molar-refractivity contribution is 5.69. The molecule has 0 unspecified atom stereocenters. The van der Waals surface area contributed by atoms with E-state index in [2.05, 4.69) is 18.2 Å². The molecule has 0 saturated heterocycles. The molecule has 1 nitrogen and oxygen atoms in total. The van der Waals surface area contributed by atoms with E-state index >= 15 is 0 Å². The normalized spacial score (nSPS) is 15.3. The van der Waals surface area contributed by atoms with Crippen LogP contribution >= 0.6 is 0 Å². The molecule has 1 aromatic rings. The van der Waals surface area contributed by atoms with Gasteiger partial charge < -0.3 is 4.79 Å².